The van der Waals surface area contributed by atoms with Crippen molar-refractivity contribution < 1.29 is 4.79 Å². The molecule has 0 aliphatic carbocycles. The molecule has 0 radical (unpaired) electrons. The maximum Gasteiger partial charge on any atom is 0.239 e. The number of hydrogen-bond donors (Lipinski definition) is 3. The maximum absolute atomic E-state index is 11.7. The Kier molecular flexibility index (Phi) is 5.89. The van der Waals surface area contributed by atoms with Crippen LogP contribution in [0.3, 0.4) is 0 Å². The minimum atomic E-state index is -0.273. The summed E-state index contributed by atoms with van der Waals surface area (Å²) in [5.74, 6) is 0.837. The van der Waals surface area contributed by atoms with Crippen LogP contribution in [0.1, 0.15) is 27.7 Å². The number of anilines is 2. The zero-order valence-corrected chi connectivity index (χ0v) is 13.6. The molecule has 1 amide bonds. The van der Waals surface area contributed by atoms with E-state index in [9.17, 15) is 4.79 Å². The summed E-state index contributed by atoms with van der Waals surface area (Å²) < 4.78 is 0. The lowest BCUT2D eigenvalue weighted by atomic mass is 10.1. The Morgan fingerprint density at radius 2 is 1.75 bits per heavy atom. The molecule has 0 atom stereocenters. The average molecular weight is 319 g/mol. The lowest BCUT2D eigenvalue weighted by Crippen LogP contribution is -2.43. The van der Waals surface area contributed by atoms with Crippen molar-refractivity contribution in [3.63, 3.8) is 0 Å². The van der Waals surface area contributed by atoms with Gasteiger partial charge in [0.25, 0.3) is 0 Å². The van der Waals surface area contributed by atoms with Crippen LogP contribution >= 0.6 is 23.2 Å². The smallest absolute Gasteiger partial charge is 0.239 e. The fraction of sp³-hybridized carbons (Fsp3) is 0.538. The van der Waals surface area contributed by atoms with Gasteiger partial charge < -0.3 is 16.0 Å². The zero-order chi connectivity index (χ0) is 15.3. The van der Waals surface area contributed by atoms with Crippen molar-refractivity contribution >= 4 is 40.7 Å². The summed E-state index contributed by atoms with van der Waals surface area (Å²) in [6.45, 7) is 8.48. The van der Waals surface area contributed by atoms with Crippen LogP contribution in [-0.4, -0.2) is 29.5 Å². The number of pyridine rings is 1. The molecular weight excluding hydrogens is 299 g/mol. The monoisotopic (exact) mass is 318 g/mol. The van der Waals surface area contributed by atoms with Crippen molar-refractivity contribution in [1.29, 1.82) is 0 Å². The van der Waals surface area contributed by atoms with Crippen LogP contribution in [0, 0.1) is 0 Å². The molecule has 0 bridgehead atoms. The van der Waals surface area contributed by atoms with Crippen LogP contribution in [-0.2, 0) is 4.79 Å². The molecule has 1 aromatic heterocycles. The second-order valence-corrected chi connectivity index (χ2v) is 6.15. The second-order valence-electron chi connectivity index (χ2n) is 5.33. The van der Waals surface area contributed by atoms with Crippen LogP contribution in [0.2, 0.25) is 10.0 Å². The van der Waals surface area contributed by atoms with E-state index in [4.69, 9.17) is 23.2 Å². The predicted octanol–water partition coefficient (Wildman–Crippen LogP) is 3.15. The number of carbonyl (C=O) groups excluding carboxylic acids is 1. The Bertz CT molecular complexity index is 486. The van der Waals surface area contributed by atoms with E-state index >= 15 is 0 Å². The Balaban J connectivity index is 2.72. The van der Waals surface area contributed by atoms with Gasteiger partial charge in [0, 0.05) is 12.1 Å². The molecule has 7 heteroatoms. The molecule has 5 nitrogen and oxygen atoms in total. The quantitative estimate of drug-likeness (QED) is 0.780. The van der Waals surface area contributed by atoms with Gasteiger partial charge in [-0.25, -0.2) is 4.98 Å². The third-order valence-electron chi connectivity index (χ3n) is 2.20. The van der Waals surface area contributed by atoms with Gasteiger partial charge in [0.2, 0.25) is 5.91 Å². The molecule has 1 heterocycles. The van der Waals surface area contributed by atoms with Crippen LogP contribution in [0.4, 0.5) is 11.6 Å². The number of halogens is 2. The number of nitrogens with one attached hydrogen (secondary N) is 3. The Labute approximate surface area is 129 Å². The summed E-state index contributed by atoms with van der Waals surface area (Å²) in [4.78, 5) is 16.0. The van der Waals surface area contributed by atoms with Crippen LogP contribution in [0.15, 0.2) is 6.07 Å². The van der Waals surface area contributed by atoms with Crippen LogP contribution in [0.25, 0.3) is 0 Å². The second kappa shape index (κ2) is 6.99. The summed E-state index contributed by atoms with van der Waals surface area (Å²) in [6.07, 6.45) is 0. The summed E-state index contributed by atoms with van der Waals surface area (Å²) in [5.41, 5.74) is -0.273. The van der Waals surface area contributed by atoms with Crippen LogP contribution < -0.4 is 16.0 Å². The molecule has 0 saturated heterocycles. The van der Waals surface area contributed by atoms with Crippen molar-refractivity contribution in [2.24, 2.45) is 0 Å². The molecule has 20 heavy (non-hydrogen) atoms. The number of hydrogen-bond acceptors (Lipinski definition) is 4. The minimum absolute atomic E-state index is 0.0944. The highest BCUT2D eigenvalue weighted by Gasteiger charge is 2.14. The third kappa shape index (κ3) is 5.43. The highest BCUT2D eigenvalue weighted by molar-refractivity contribution is 6.37. The molecule has 0 aliphatic heterocycles. The lowest BCUT2D eigenvalue weighted by Gasteiger charge is -2.20. The molecule has 0 aromatic carbocycles. The van der Waals surface area contributed by atoms with Crippen molar-refractivity contribution in [3.05, 3.63) is 16.1 Å². The Hall–Kier alpha value is -1.20. The van der Waals surface area contributed by atoms with Crippen LogP contribution in [0.5, 0.6) is 0 Å². The van der Waals surface area contributed by atoms with Gasteiger partial charge in [-0.1, -0.05) is 23.2 Å². The maximum atomic E-state index is 11.7. The van der Waals surface area contributed by atoms with E-state index in [1.807, 2.05) is 27.7 Å². The third-order valence-corrected chi connectivity index (χ3v) is 2.78. The molecule has 112 valence electrons. The number of amides is 1. The molecule has 1 aromatic rings. The fourth-order valence-corrected chi connectivity index (χ4v) is 2.00. The molecule has 3 N–H and O–H groups in total. The van der Waals surface area contributed by atoms with Crippen molar-refractivity contribution in [1.82, 2.24) is 10.3 Å². The fourth-order valence-electron chi connectivity index (χ4n) is 1.51. The molecular formula is C13H20Cl2N4O. The van der Waals surface area contributed by atoms with E-state index in [0.717, 1.165) is 0 Å². The molecule has 0 spiro atoms. The van der Waals surface area contributed by atoms with Gasteiger partial charge in [-0.2, -0.15) is 0 Å². The SMILES string of the molecule is CCNc1nc(NCC(=O)NC(C)(C)C)c(Cl)cc1Cl. The number of carbonyl (C=O) groups is 1. The summed E-state index contributed by atoms with van der Waals surface area (Å²) in [5, 5.41) is 9.60. The summed E-state index contributed by atoms with van der Waals surface area (Å²) in [7, 11) is 0. The largest absolute Gasteiger partial charge is 0.369 e. The molecule has 0 unspecified atom stereocenters. The van der Waals surface area contributed by atoms with E-state index in [2.05, 4.69) is 20.9 Å². The summed E-state index contributed by atoms with van der Waals surface area (Å²) in [6, 6.07) is 1.60. The van der Waals surface area contributed by atoms with E-state index in [-0.39, 0.29) is 18.0 Å². The van der Waals surface area contributed by atoms with Gasteiger partial charge in [0.05, 0.1) is 16.6 Å². The standard InChI is InChI=1S/C13H20Cl2N4O/c1-5-16-11-8(14)6-9(15)12(18-11)17-7-10(20)19-13(2,3)4/h6H,5,7H2,1-4H3,(H,19,20)(H2,16,17,18). The predicted molar refractivity (Wildman–Crippen MR) is 84.8 cm³/mol. The van der Waals surface area contributed by atoms with Crippen molar-refractivity contribution in [2.45, 2.75) is 33.2 Å². The van der Waals surface area contributed by atoms with Gasteiger partial charge in [0.1, 0.15) is 11.6 Å². The molecule has 1 rings (SSSR count). The van der Waals surface area contributed by atoms with Gasteiger partial charge in [-0.3, -0.25) is 4.79 Å². The van der Waals surface area contributed by atoms with E-state index < -0.39 is 0 Å². The first kappa shape index (κ1) is 16.9. The van der Waals surface area contributed by atoms with E-state index in [1.54, 1.807) is 6.07 Å². The first-order valence-electron chi connectivity index (χ1n) is 6.37. The first-order chi connectivity index (χ1) is 9.23. The van der Waals surface area contributed by atoms with Crippen molar-refractivity contribution in [3.8, 4) is 0 Å². The molecule has 0 saturated carbocycles. The van der Waals surface area contributed by atoms with Gasteiger partial charge >= 0.3 is 0 Å². The van der Waals surface area contributed by atoms with E-state index in [1.165, 1.54) is 0 Å². The van der Waals surface area contributed by atoms with Crippen molar-refractivity contribution in [2.75, 3.05) is 23.7 Å². The zero-order valence-electron chi connectivity index (χ0n) is 12.1. The molecule has 0 fully saturated rings. The highest BCUT2D eigenvalue weighted by atomic mass is 35.5. The first-order valence-corrected chi connectivity index (χ1v) is 7.13. The topological polar surface area (TPSA) is 66.0 Å². The number of aromatic nitrogens is 1. The minimum Gasteiger partial charge on any atom is -0.369 e. The molecule has 0 aliphatic rings. The van der Waals surface area contributed by atoms with Gasteiger partial charge in [-0.15, -0.1) is 0 Å². The Morgan fingerprint density at radius 1 is 1.20 bits per heavy atom. The van der Waals surface area contributed by atoms with Gasteiger partial charge in [-0.05, 0) is 33.8 Å². The van der Waals surface area contributed by atoms with Gasteiger partial charge in [0.15, 0.2) is 0 Å². The normalized spacial score (nSPS) is 11.1. The lowest BCUT2D eigenvalue weighted by molar-refractivity contribution is -0.120. The number of rotatable bonds is 5. The summed E-state index contributed by atoms with van der Waals surface area (Å²) >= 11 is 12.1. The highest BCUT2D eigenvalue weighted by Crippen LogP contribution is 2.28. The average Bonchev–Trinajstić information content (AvgIpc) is 2.29. The van der Waals surface area contributed by atoms with E-state index in [0.29, 0.717) is 28.2 Å². The number of nitrogens with zero attached hydrogens (tertiary/aromatic N) is 1. The Morgan fingerprint density at radius 3 is 2.25 bits per heavy atom.